The normalized spacial score (nSPS) is 14.5. The molecule has 6 rings (SSSR count). The maximum Gasteiger partial charge on any atom is 0.431 e. The number of halogens is 8. The smallest absolute Gasteiger partial charge is 0.431 e. The summed E-state index contributed by atoms with van der Waals surface area (Å²) in [7, 11) is 3.61. The molecule has 4 aromatic rings. The second-order valence-corrected chi connectivity index (χ2v) is 9.67. The molecule has 46 heavy (non-hydrogen) atoms. The minimum atomic E-state index is -4.61. The molecule has 7 nitrogen and oxygen atoms in total. The Labute approximate surface area is 271 Å². The van der Waals surface area contributed by atoms with Gasteiger partial charge in [-0.15, -0.1) is 41.7 Å². The maximum absolute atomic E-state index is 13.7. The van der Waals surface area contributed by atoms with E-state index in [0.29, 0.717) is 17.4 Å². The van der Waals surface area contributed by atoms with Crippen molar-refractivity contribution in [2.45, 2.75) is 12.4 Å². The molecule has 1 radical (unpaired) electrons. The molecule has 0 unspecified atom stereocenters. The molecule has 2 aliphatic heterocycles. The molecule has 0 amide bonds. The second-order valence-electron chi connectivity index (χ2n) is 9.67. The van der Waals surface area contributed by atoms with Crippen LogP contribution in [0.2, 0.25) is 0 Å². The van der Waals surface area contributed by atoms with Gasteiger partial charge in [-0.2, -0.15) is 39.7 Å². The van der Waals surface area contributed by atoms with Crippen molar-refractivity contribution in [3.8, 4) is 22.6 Å². The Balaban J connectivity index is 0.000000205. The van der Waals surface area contributed by atoms with Gasteiger partial charge < -0.3 is 29.8 Å². The molecule has 0 spiro atoms. The van der Waals surface area contributed by atoms with Gasteiger partial charge in [-0.3, -0.25) is 13.8 Å². The van der Waals surface area contributed by atoms with Crippen LogP contribution in [-0.2, 0) is 32.5 Å². The van der Waals surface area contributed by atoms with E-state index in [-0.39, 0.29) is 42.8 Å². The monoisotopic (exact) mass is 823 g/mol. The van der Waals surface area contributed by atoms with E-state index in [1.54, 1.807) is 71.8 Å². The Bertz CT molecular complexity index is 1690. The molecule has 4 heterocycles. The standard InChI is InChI=1S/C15H6F5N3.C15H14F3N4.Ir/c16-8-4-5-9(10(17)6-8)11-2-1-3-12(21-11)13-7-14(23-22-13)15(18,19)20;1-19-3-5-21(10-19)13-7-12(15(16,17)18)8-14(9-13)22-6-4-20(2)11-22;/h1-4,6-7H;3-8,10-11H,1-2H3;/q-2;-3;. The first-order valence-electron chi connectivity index (χ1n) is 12.8. The summed E-state index contributed by atoms with van der Waals surface area (Å²) in [6.45, 7) is 3.37. The molecule has 245 valence electrons. The van der Waals surface area contributed by atoms with Gasteiger partial charge in [-0.25, -0.2) is 0 Å². The van der Waals surface area contributed by atoms with Crippen LogP contribution in [0.4, 0.5) is 46.5 Å². The number of pyridine rings is 1. The summed E-state index contributed by atoms with van der Waals surface area (Å²) in [6.07, 6.45) is -2.15. The van der Waals surface area contributed by atoms with Crippen LogP contribution in [0.25, 0.3) is 22.6 Å². The zero-order chi connectivity index (χ0) is 32.5. The average molecular weight is 823 g/mol. The topological polar surface area (TPSA) is 52.8 Å². The molecule has 0 saturated carbocycles. The SMILES string of the molecule is CN1C=CN(c2[c-]c(N3C=CN(C)[CH-]3)cc(C(F)(F)F)c2)[CH-]1.Fc1c[c-]c(-c2cccc(-c3cc(C(F)(F)F)n[n-]3)n2)c(F)c1.[Ir]. The Kier molecular flexibility index (Phi) is 10.1. The molecule has 16 heteroatoms. The number of anilines is 2. The number of aromatic nitrogens is 3. The number of hydrogen-bond acceptors (Lipinski definition) is 6. The molecule has 0 aliphatic carbocycles. The van der Waals surface area contributed by atoms with Crippen molar-refractivity contribution in [1.29, 1.82) is 0 Å². The molecule has 0 atom stereocenters. The summed E-state index contributed by atoms with van der Waals surface area (Å²) in [4.78, 5) is 10.7. The summed E-state index contributed by atoms with van der Waals surface area (Å²) in [5, 5.41) is 6.48. The van der Waals surface area contributed by atoms with E-state index in [2.05, 4.69) is 27.3 Å². The van der Waals surface area contributed by atoms with Crippen LogP contribution in [0, 0.1) is 37.1 Å². The largest absolute Gasteiger partial charge is 0.573 e. The predicted octanol–water partition coefficient (Wildman–Crippen LogP) is 7.05. The van der Waals surface area contributed by atoms with E-state index < -0.39 is 35.2 Å². The van der Waals surface area contributed by atoms with Crippen LogP contribution in [0.15, 0.2) is 73.3 Å². The van der Waals surface area contributed by atoms with E-state index in [1.165, 1.54) is 18.2 Å². The van der Waals surface area contributed by atoms with Crippen LogP contribution in [0.3, 0.4) is 0 Å². The van der Waals surface area contributed by atoms with Crippen molar-refractivity contribution < 1.29 is 55.2 Å². The van der Waals surface area contributed by atoms with Gasteiger partial charge in [0.2, 0.25) is 0 Å². The molecule has 0 saturated heterocycles. The quantitative estimate of drug-likeness (QED) is 0.162. The van der Waals surface area contributed by atoms with Crippen LogP contribution in [0.5, 0.6) is 0 Å². The molecular weight excluding hydrogens is 803 g/mol. The number of rotatable bonds is 4. The number of benzene rings is 2. The van der Waals surface area contributed by atoms with Crippen LogP contribution < -0.4 is 14.9 Å². The minimum absolute atomic E-state index is 0. The van der Waals surface area contributed by atoms with Gasteiger partial charge in [0, 0.05) is 37.4 Å². The first kappa shape index (κ1) is 34.4. The molecule has 2 aromatic carbocycles. The van der Waals surface area contributed by atoms with Crippen molar-refractivity contribution in [2.75, 3.05) is 23.9 Å². The van der Waals surface area contributed by atoms with Gasteiger partial charge in [0.1, 0.15) is 5.69 Å². The number of hydrogen-bond donors (Lipinski definition) is 0. The van der Waals surface area contributed by atoms with Gasteiger partial charge in [-0.05, 0) is 56.7 Å². The molecule has 2 aliphatic rings. The van der Waals surface area contributed by atoms with Gasteiger partial charge in [0.05, 0.1) is 0 Å². The number of nitrogens with zero attached hydrogens (tertiary/aromatic N) is 7. The van der Waals surface area contributed by atoms with Gasteiger partial charge >= 0.3 is 12.4 Å². The first-order chi connectivity index (χ1) is 21.2. The van der Waals surface area contributed by atoms with Gasteiger partial charge in [-0.1, -0.05) is 35.0 Å². The van der Waals surface area contributed by atoms with Gasteiger partial charge in [0.25, 0.3) is 0 Å². The summed E-state index contributed by atoms with van der Waals surface area (Å²) in [5.74, 6) is -1.67. The van der Waals surface area contributed by atoms with Crippen molar-refractivity contribution in [3.05, 3.63) is 122 Å². The fourth-order valence-corrected chi connectivity index (χ4v) is 4.08. The number of alkyl halides is 6. The molecular formula is C30H20F8IrN7-5. The van der Waals surface area contributed by atoms with Crippen molar-refractivity contribution in [3.63, 3.8) is 0 Å². The van der Waals surface area contributed by atoms with Crippen LogP contribution in [-0.4, -0.2) is 34.0 Å². The zero-order valence-electron chi connectivity index (χ0n) is 23.6. The third kappa shape index (κ3) is 8.04. The average Bonchev–Trinajstić information content (AvgIpc) is 3.74. The fraction of sp³-hybridized carbons (Fsp3) is 0.133. The van der Waals surface area contributed by atoms with Crippen LogP contribution in [0.1, 0.15) is 11.3 Å². The summed E-state index contributed by atoms with van der Waals surface area (Å²) < 4.78 is 104. The van der Waals surface area contributed by atoms with Crippen molar-refractivity contribution in [2.24, 2.45) is 0 Å². The molecule has 0 fully saturated rings. The van der Waals surface area contributed by atoms with E-state index in [1.807, 2.05) is 0 Å². The zero-order valence-corrected chi connectivity index (χ0v) is 26.0. The fourth-order valence-electron chi connectivity index (χ4n) is 4.08. The summed E-state index contributed by atoms with van der Waals surface area (Å²) in [6, 6.07) is 14.3. The Morgan fingerprint density at radius 2 is 1.37 bits per heavy atom. The predicted molar refractivity (Wildman–Crippen MR) is 148 cm³/mol. The Hall–Kier alpha value is -4.43. The van der Waals surface area contributed by atoms with Crippen molar-refractivity contribution in [1.82, 2.24) is 25.0 Å². The third-order valence-corrected chi connectivity index (χ3v) is 6.22. The first-order valence-corrected chi connectivity index (χ1v) is 12.8. The van der Waals surface area contributed by atoms with Crippen LogP contribution >= 0.6 is 0 Å². The van der Waals surface area contributed by atoms with E-state index in [0.717, 1.165) is 24.3 Å². The van der Waals surface area contributed by atoms with E-state index in [4.69, 9.17) is 0 Å². The van der Waals surface area contributed by atoms with Gasteiger partial charge in [0.15, 0.2) is 0 Å². The minimum Gasteiger partial charge on any atom is -0.573 e. The maximum atomic E-state index is 13.7. The molecule has 2 aromatic heterocycles. The Morgan fingerprint density at radius 1 is 0.783 bits per heavy atom. The van der Waals surface area contributed by atoms with E-state index in [9.17, 15) is 35.1 Å². The summed E-state index contributed by atoms with van der Waals surface area (Å²) in [5.41, 5.74) is -1.18. The Morgan fingerprint density at radius 3 is 1.85 bits per heavy atom. The second kappa shape index (κ2) is 13.5. The van der Waals surface area contributed by atoms with E-state index >= 15 is 0 Å². The molecule has 0 bridgehead atoms. The van der Waals surface area contributed by atoms with Crippen molar-refractivity contribution >= 4 is 11.4 Å². The third-order valence-electron chi connectivity index (χ3n) is 6.22. The summed E-state index contributed by atoms with van der Waals surface area (Å²) >= 11 is 0. The molecule has 0 N–H and O–H groups in total.